The number of nitrogens with zero attached hydrogens (tertiary/aromatic N) is 2. The second-order valence-electron chi connectivity index (χ2n) is 11.1. The third-order valence-electron chi connectivity index (χ3n) is 8.98. The van der Waals surface area contributed by atoms with E-state index in [4.69, 9.17) is 9.72 Å². The van der Waals surface area contributed by atoms with Gasteiger partial charge in [0.15, 0.2) is 0 Å². The van der Waals surface area contributed by atoms with Gasteiger partial charge < -0.3 is 9.22 Å². The van der Waals surface area contributed by atoms with Crippen molar-refractivity contribution in [1.82, 2.24) is 4.98 Å². The van der Waals surface area contributed by atoms with Crippen molar-refractivity contribution < 1.29 is 9.22 Å². The standard InChI is InChI=1S/C35H37N2O/c1-3-26-15-16-33-32(21-26)31(17-19-36-33)35(38-25-28-13-9-6-10-14-28)34-22-30-18-20-37(34,24-29(30)4-2)23-27-11-7-5-8-12-27/h3-17,19,21,29-30,34-35H,1-2,18,20,22-25H2/q+1/t29?,30-,34+,35-,37+/m0/s1. The van der Waals surface area contributed by atoms with Crippen LogP contribution >= 0.6 is 0 Å². The lowest BCUT2D eigenvalue weighted by molar-refractivity contribution is -0.985. The highest BCUT2D eigenvalue weighted by molar-refractivity contribution is 5.84. The largest absolute Gasteiger partial charge is 0.363 e. The van der Waals surface area contributed by atoms with Crippen LogP contribution in [-0.2, 0) is 17.9 Å². The summed E-state index contributed by atoms with van der Waals surface area (Å²) in [7, 11) is 0. The van der Waals surface area contributed by atoms with Crippen molar-refractivity contribution in [3.05, 3.63) is 133 Å². The molecule has 192 valence electrons. The molecule has 0 N–H and O–H groups in total. The number of aromatic nitrogens is 1. The number of rotatable bonds is 9. The Kier molecular flexibility index (Phi) is 6.97. The molecule has 0 saturated carbocycles. The number of fused-ring (bicyclic) bond motifs is 4. The van der Waals surface area contributed by atoms with Crippen molar-refractivity contribution in [2.24, 2.45) is 11.8 Å². The second kappa shape index (κ2) is 10.7. The minimum Gasteiger partial charge on any atom is -0.363 e. The summed E-state index contributed by atoms with van der Waals surface area (Å²) >= 11 is 0. The van der Waals surface area contributed by atoms with Crippen LogP contribution in [0.15, 0.2) is 110 Å². The summed E-state index contributed by atoms with van der Waals surface area (Å²) in [5, 5.41) is 1.17. The predicted molar refractivity (Wildman–Crippen MR) is 156 cm³/mol. The molecule has 5 atom stereocenters. The maximum absolute atomic E-state index is 7.02. The average Bonchev–Trinajstić information content (AvgIpc) is 2.98. The van der Waals surface area contributed by atoms with Gasteiger partial charge in [-0.25, -0.2) is 0 Å². The van der Waals surface area contributed by atoms with Crippen molar-refractivity contribution in [1.29, 1.82) is 0 Å². The Morgan fingerprint density at radius 3 is 2.45 bits per heavy atom. The van der Waals surface area contributed by atoms with Crippen LogP contribution in [0.25, 0.3) is 17.0 Å². The minimum atomic E-state index is -0.0435. The van der Waals surface area contributed by atoms with Crippen LogP contribution in [0, 0.1) is 11.8 Å². The highest BCUT2D eigenvalue weighted by atomic mass is 16.5. The summed E-state index contributed by atoms with van der Waals surface area (Å²) < 4.78 is 8.07. The first-order valence-electron chi connectivity index (χ1n) is 13.9. The molecule has 3 heteroatoms. The van der Waals surface area contributed by atoms with Gasteiger partial charge in [-0.15, -0.1) is 6.58 Å². The van der Waals surface area contributed by atoms with E-state index in [1.807, 2.05) is 12.3 Å². The summed E-state index contributed by atoms with van der Waals surface area (Å²) in [5.41, 5.74) is 5.97. The van der Waals surface area contributed by atoms with E-state index in [2.05, 4.69) is 104 Å². The minimum absolute atomic E-state index is 0.0435. The lowest BCUT2D eigenvalue weighted by atomic mass is 9.71. The fraction of sp³-hybridized carbons (Fsp3) is 0.286. The quantitative estimate of drug-likeness (QED) is 0.173. The smallest absolute Gasteiger partial charge is 0.135 e. The third-order valence-corrected chi connectivity index (χ3v) is 8.98. The van der Waals surface area contributed by atoms with Gasteiger partial charge in [-0.3, -0.25) is 4.98 Å². The molecule has 0 amide bonds. The Hall–Kier alpha value is -3.53. The molecule has 0 radical (unpaired) electrons. The van der Waals surface area contributed by atoms with E-state index in [0.29, 0.717) is 24.5 Å². The Morgan fingerprint density at radius 1 is 0.947 bits per heavy atom. The lowest BCUT2D eigenvalue weighted by Crippen LogP contribution is -2.67. The van der Waals surface area contributed by atoms with E-state index in [1.54, 1.807) is 0 Å². The zero-order chi connectivity index (χ0) is 26.0. The summed E-state index contributed by atoms with van der Waals surface area (Å²) in [6.45, 7) is 12.2. The van der Waals surface area contributed by atoms with Gasteiger partial charge >= 0.3 is 0 Å². The van der Waals surface area contributed by atoms with E-state index < -0.39 is 0 Å². The number of hydrogen-bond donors (Lipinski definition) is 0. The highest BCUT2D eigenvalue weighted by Crippen LogP contribution is 2.49. The molecule has 2 bridgehead atoms. The molecule has 7 rings (SSSR count). The number of pyridine rings is 1. The monoisotopic (exact) mass is 501 g/mol. The topological polar surface area (TPSA) is 22.1 Å². The molecule has 0 aliphatic carbocycles. The van der Waals surface area contributed by atoms with Gasteiger partial charge in [-0.05, 0) is 40.8 Å². The molecule has 38 heavy (non-hydrogen) atoms. The Morgan fingerprint density at radius 2 is 1.71 bits per heavy atom. The number of hydrogen-bond acceptors (Lipinski definition) is 2. The number of piperidine rings is 3. The van der Waals surface area contributed by atoms with Crippen molar-refractivity contribution >= 4 is 17.0 Å². The molecule has 4 aromatic rings. The van der Waals surface area contributed by atoms with E-state index in [9.17, 15) is 0 Å². The van der Waals surface area contributed by atoms with E-state index in [1.165, 1.54) is 35.0 Å². The maximum Gasteiger partial charge on any atom is 0.135 e. The zero-order valence-electron chi connectivity index (χ0n) is 22.1. The maximum atomic E-state index is 7.02. The van der Waals surface area contributed by atoms with E-state index in [-0.39, 0.29) is 6.10 Å². The number of benzene rings is 3. The molecule has 3 fully saturated rings. The van der Waals surface area contributed by atoms with E-state index in [0.717, 1.165) is 35.1 Å². The lowest BCUT2D eigenvalue weighted by Gasteiger charge is -2.58. The Labute approximate surface area is 226 Å². The summed E-state index contributed by atoms with van der Waals surface area (Å²) in [6, 6.07) is 30.6. The van der Waals surface area contributed by atoms with Crippen LogP contribution in [0.2, 0.25) is 0 Å². The van der Waals surface area contributed by atoms with Gasteiger partial charge in [-0.1, -0.05) is 85.5 Å². The van der Waals surface area contributed by atoms with Gasteiger partial charge in [0, 0.05) is 35.9 Å². The average molecular weight is 502 g/mol. The van der Waals surface area contributed by atoms with Crippen LogP contribution in [0.4, 0.5) is 0 Å². The van der Waals surface area contributed by atoms with Crippen LogP contribution in [-0.4, -0.2) is 28.6 Å². The predicted octanol–water partition coefficient (Wildman–Crippen LogP) is 7.75. The first kappa shape index (κ1) is 24.8. The number of quaternary nitrogens is 1. The molecule has 3 aromatic carbocycles. The number of ether oxygens (including phenoxy) is 1. The van der Waals surface area contributed by atoms with Crippen molar-refractivity contribution in [3.63, 3.8) is 0 Å². The van der Waals surface area contributed by atoms with Crippen molar-refractivity contribution in [2.75, 3.05) is 13.1 Å². The molecular formula is C35H37N2O+. The molecule has 0 spiro atoms. The summed E-state index contributed by atoms with van der Waals surface area (Å²) in [6.07, 6.45) is 8.44. The molecule has 3 aliphatic heterocycles. The van der Waals surface area contributed by atoms with Gasteiger partial charge in [0.2, 0.25) is 0 Å². The normalized spacial score (nSPS) is 25.2. The molecule has 1 unspecified atom stereocenters. The van der Waals surface area contributed by atoms with Crippen LogP contribution in [0.3, 0.4) is 0 Å². The molecule has 3 nitrogen and oxygen atoms in total. The summed E-state index contributed by atoms with van der Waals surface area (Å²) in [5.74, 6) is 1.22. The molecule has 4 heterocycles. The van der Waals surface area contributed by atoms with Gasteiger partial charge in [0.1, 0.15) is 18.7 Å². The molecular weight excluding hydrogens is 464 g/mol. The zero-order valence-corrected chi connectivity index (χ0v) is 22.1. The Bertz CT molecular complexity index is 1420. The second-order valence-corrected chi connectivity index (χ2v) is 11.1. The van der Waals surface area contributed by atoms with Gasteiger partial charge in [-0.2, -0.15) is 0 Å². The fourth-order valence-corrected chi connectivity index (χ4v) is 7.04. The SMILES string of the molecule is C=Cc1ccc2nccc([C@H](OCc3ccccc3)[C@H]3C[C@@H]4CC[N@@+]3(Cc3ccccc3)CC4C=C)c2c1. The third kappa shape index (κ3) is 4.73. The molecule has 3 aliphatic rings. The molecule has 1 aromatic heterocycles. The van der Waals surface area contributed by atoms with E-state index >= 15 is 0 Å². The fourth-order valence-electron chi connectivity index (χ4n) is 7.04. The van der Waals surface area contributed by atoms with Crippen LogP contribution in [0.1, 0.15) is 41.2 Å². The van der Waals surface area contributed by atoms with Crippen LogP contribution in [0.5, 0.6) is 0 Å². The first-order chi connectivity index (χ1) is 18.7. The molecule has 3 saturated heterocycles. The van der Waals surface area contributed by atoms with Crippen molar-refractivity contribution in [2.45, 2.75) is 38.1 Å². The van der Waals surface area contributed by atoms with Gasteiger partial charge in [0.25, 0.3) is 0 Å². The van der Waals surface area contributed by atoms with Crippen LogP contribution < -0.4 is 0 Å². The van der Waals surface area contributed by atoms with Crippen molar-refractivity contribution in [3.8, 4) is 0 Å². The first-order valence-corrected chi connectivity index (χ1v) is 13.9. The highest BCUT2D eigenvalue weighted by Gasteiger charge is 2.54. The Balaban J connectivity index is 1.46. The summed E-state index contributed by atoms with van der Waals surface area (Å²) in [4.78, 5) is 4.71. The van der Waals surface area contributed by atoms with Gasteiger partial charge in [0.05, 0.1) is 25.2 Å².